The maximum atomic E-state index is 13.1. The summed E-state index contributed by atoms with van der Waals surface area (Å²) in [6, 6.07) is 0. The predicted octanol–water partition coefficient (Wildman–Crippen LogP) is 21.0. The van der Waals surface area contributed by atoms with Crippen LogP contribution in [0.3, 0.4) is 0 Å². The first-order valence-electron chi connectivity index (χ1n) is 37.7. The minimum absolute atomic E-state index is 0.0839. The van der Waals surface area contributed by atoms with Crippen molar-refractivity contribution in [1.29, 1.82) is 0 Å². The summed E-state index contributed by atoms with van der Waals surface area (Å²) < 4.78 is 68.4. The number of esters is 4. The van der Waals surface area contributed by atoms with Crippen LogP contribution in [0.15, 0.2) is 24.3 Å². The molecule has 19 heteroatoms. The van der Waals surface area contributed by atoms with E-state index in [0.717, 1.165) is 121 Å². The van der Waals surface area contributed by atoms with Gasteiger partial charge in [0, 0.05) is 25.7 Å². The Labute approximate surface area is 567 Å². The fraction of sp³-hybridized carbons (Fsp3) is 0.892. The molecule has 0 spiro atoms. The van der Waals surface area contributed by atoms with E-state index in [9.17, 15) is 43.2 Å². The van der Waals surface area contributed by atoms with Crippen LogP contribution < -0.4 is 0 Å². The number of carbonyl (C=O) groups is 4. The van der Waals surface area contributed by atoms with E-state index < -0.39 is 97.5 Å². The average Bonchev–Trinajstić information content (AvgIpc) is 1.99. The minimum Gasteiger partial charge on any atom is -0.462 e. The molecule has 0 rings (SSSR count). The van der Waals surface area contributed by atoms with Gasteiger partial charge in [-0.25, -0.2) is 9.13 Å². The molecule has 0 aliphatic rings. The van der Waals surface area contributed by atoms with Crippen LogP contribution in [0.2, 0.25) is 0 Å². The summed E-state index contributed by atoms with van der Waals surface area (Å²) in [5.74, 6) is 0.0767. The van der Waals surface area contributed by atoms with E-state index in [4.69, 9.17) is 37.0 Å². The molecule has 0 saturated carbocycles. The molecule has 3 N–H and O–H groups in total. The van der Waals surface area contributed by atoms with Crippen LogP contribution in [0.25, 0.3) is 0 Å². The van der Waals surface area contributed by atoms with Gasteiger partial charge in [-0.15, -0.1) is 0 Å². The van der Waals surface area contributed by atoms with E-state index in [-0.39, 0.29) is 25.7 Å². The Morgan fingerprint density at radius 2 is 0.581 bits per heavy atom. The molecule has 0 aromatic heterocycles. The highest BCUT2D eigenvalue weighted by molar-refractivity contribution is 7.47. The molecule has 5 atom stereocenters. The van der Waals surface area contributed by atoms with Gasteiger partial charge in [0.1, 0.15) is 19.3 Å². The van der Waals surface area contributed by atoms with E-state index in [1.54, 1.807) is 0 Å². The molecule has 0 saturated heterocycles. The van der Waals surface area contributed by atoms with Crippen LogP contribution >= 0.6 is 15.6 Å². The van der Waals surface area contributed by atoms with E-state index in [2.05, 4.69) is 72.8 Å². The minimum atomic E-state index is -4.96. The summed E-state index contributed by atoms with van der Waals surface area (Å²) >= 11 is 0. The number of aliphatic hydroxyl groups excluding tert-OH is 1. The normalized spacial score (nSPS) is 14.3. The summed E-state index contributed by atoms with van der Waals surface area (Å²) in [4.78, 5) is 72.7. The van der Waals surface area contributed by atoms with Crippen LogP contribution in [0.5, 0.6) is 0 Å². The van der Waals surface area contributed by atoms with Crippen molar-refractivity contribution in [2.45, 2.75) is 369 Å². The molecule has 0 radical (unpaired) electrons. The molecule has 0 bridgehead atoms. The van der Waals surface area contributed by atoms with Crippen molar-refractivity contribution >= 4 is 39.5 Å². The lowest BCUT2D eigenvalue weighted by atomic mass is 10.0. The van der Waals surface area contributed by atoms with Gasteiger partial charge < -0.3 is 33.8 Å². The Morgan fingerprint density at radius 1 is 0.333 bits per heavy atom. The quantitative estimate of drug-likeness (QED) is 0.0169. The number of rotatable bonds is 70. The first-order valence-corrected chi connectivity index (χ1v) is 40.7. The van der Waals surface area contributed by atoms with Gasteiger partial charge in [0.15, 0.2) is 12.2 Å². The van der Waals surface area contributed by atoms with E-state index >= 15 is 0 Å². The highest BCUT2D eigenvalue weighted by Crippen LogP contribution is 2.45. The number of unbranched alkanes of at least 4 members (excludes halogenated alkanes) is 35. The maximum Gasteiger partial charge on any atom is 0.472 e. The largest absolute Gasteiger partial charge is 0.472 e. The molecule has 0 aromatic rings. The summed E-state index contributed by atoms with van der Waals surface area (Å²) in [6.07, 6.45) is 52.2. The third-order valence-corrected chi connectivity index (χ3v) is 18.4. The zero-order chi connectivity index (χ0) is 68.7. The first kappa shape index (κ1) is 90.5. The van der Waals surface area contributed by atoms with Crippen LogP contribution in [0, 0.1) is 17.8 Å². The van der Waals surface area contributed by atoms with Crippen molar-refractivity contribution in [3.63, 3.8) is 0 Å². The molecule has 0 aliphatic carbocycles. The molecule has 0 fully saturated rings. The fourth-order valence-electron chi connectivity index (χ4n) is 10.7. The second kappa shape index (κ2) is 64.2. The van der Waals surface area contributed by atoms with Gasteiger partial charge >= 0.3 is 39.5 Å². The number of hydrogen-bond donors (Lipinski definition) is 3. The molecule has 0 aliphatic heterocycles. The Balaban J connectivity index is 5.29. The molecule has 548 valence electrons. The van der Waals surface area contributed by atoms with Gasteiger partial charge in [0.05, 0.1) is 26.4 Å². The highest BCUT2D eigenvalue weighted by atomic mass is 31.2. The molecule has 0 heterocycles. The number of hydrogen-bond acceptors (Lipinski definition) is 15. The Kier molecular flexibility index (Phi) is 62.5. The van der Waals surface area contributed by atoms with Crippen LogP contribution in [0.1, 0.15) is 350 Å². The van der Waals surface area contributed by atoms with E-state index in [1.807, 2.05) is 0 Å². The number of phosphoric acid groups is 2. The smallest absolute Gasteiger partial charge is 0.462 e. The zero-order valence-corrected chi connectivity index (χ0v) is 62.0. The van der Waals surface area contributed by atoms with Crippen molar-refractivity contribution < 1.29 is 80.2 Å². The Morgan fingerprint density at radius 3 is 0.871 bits per heavy atom. The van der Waals surface area contributed by atoms with Gasteiger partial charge in [0.2, 0.25) is 0 Å². The first-order chi connectivity index (χ1) is 44.7. The van der Waals surface area contributed by atoms with Crippen molar-refractivity contribution in [3.05, 3.63) is 24.3 Å². The second-order valence-electron chi connectivity index (χ2n) is 27.4. The maximum absolute atomic E-state index is 13.1. The lowest BCUT2D eigenvalue weighted by molar-refractivity contribution is -0.161. The summed E-state index contributed by atoms with van der Waals surface area (Å²) in [5.41, 5.74) is 0. The van der Waals surface area contributed by atoms with Gasteiger partial charge in [-0.1, -0.05) is 297 Å². The van der Waals surface area contributed by atoms with Gasteiger partial charge in [-0.2, -0.15) is 0 Å². The van der Waals surface area contributed by atoms with Gasteiger partial charge in [0.25, 0.3) is 0 Å². The highest BCUT2D eigenvalue weighted by Gasteiger charge is 2.30. The van der Waals surface area contributed by atoms with Crippen molar-refractivity contribution in [2.24, 2.45) is 17.8 Å². The Hall–Kier alpha value is -2.46. The molecule has 93 heavy (non-hydrogen) atoms. The fourth-order valence-corrected chi connectivity index (χ4v) is 12.3. The summed E-state index contributed by atoms with van der Waals surface area (Å²) in [7, 11) is -9.92. The number of aliphatic hydroxyl groups is 1. The Bertz CT molecular complexity index is 1910. The SMILES string of the molecule is CCCCCC/C=C\C=C/CCCCCCCC(=O)O[C@H](COC(=O)CCCCCCCCCC(C)C)COP(=O)(O)OCC(O)COP(=O)(O)OC[C@@H](COC(=O)CCCCCCCCCCCC(C)C)OC(=O)CCCCCCCCCCCCCCCC(C)C. The molecule has 3 unspecified atom stereocenters. The number of allylic oxidation sites excluding steroid dienone is 4. The molecular formula is C74H140O17P2. The molecular weight excluding hydrogens is 1220 g/mol. The monoisotopic (exact) mass is 1360 g/mol. The van der Waals surface area contributed by atoms with E-state index in [0.29, 0.717) is 31.6 Å². The molecule has 0 aromatic carbocycles. The predicted molar refractivity (Wildman–Crippen MR) is 377 cm³/mol. The lowest BCUT2D eigenvalue weighted by Crippen LogP contribution is -2.30. The summed E-state index contributed by atoms with van der Waals surface area (Å²) in [5, 5.41) is 10.6. The molecule has 17 nitrogen and oxygen atoms in total. The van der Waals surface area contributed by atoms with Crippen molar-refractivity contribution in [2.75, 3.05) is 39.6 Å². The standard InChI is InChI=1S/C74H140O17P2/c1-8-9-10-11-12-13-14-15-16-19-22-27-35-43-50-57-74(79)91-70(62-85-72(77)56-49-42-37-30-33-40-47-54-67(6)7)64-89-93(82,83)87-60-68(75)59-86-92(80,81)88-63-69(61-84-71(76)55-48-41-34-29-24-26-32-39-46-53-66(4)5)90-73(78)58-51-44-36-28-23-20-17-18-21-25-31-38-45-52-65(2)3/h13-16,65-70,75H,8-12,17-64H2,1-7H3,(H,80,81)(H,82,83)/b14-13-,16-15-/t68?,69-,70-/m1/s1. The van der Waals surface area contributed by atoms with Gasteiger partial charge in [-0.3, -0.25) is 37.3 Å². The number of phosphoric ester groups is 2. The van der Waals surface area contributed by atoms with Gasteiger partial charge in [-0.05, 0) is 69.1 Å². The van der Waals surface area contributed by atoms with Crippen LogP contribution in [-0.4, -0.2) is 96.7 Å². The zero-order valence-electron chi connectivity index (χ0n) is 60.2. The second-order valence-corrected chi connectivity index (χ2v) is 30.3. The lowest BCUT2D eigenvalue weighted by Gasteiger charge is -2.21. The average molecular weight is 1360 g/mol. The van der Waals surface area contributed by atoms with E-state index in [1.165, 1.54) is 141 Å². The number of ether oxygens (including phenoxy) is 4. The number of carbonyl (C=O) groups excluding carboxylic acids is 4. The van der Waals surface area contributed by atoms with Crippen molar-refractivity contribution in [1.82, 2.24) is 0 Å². The third-order valence-electron chi connectivity index (χ3n) is 16.5. The topological polar surface area (TPSA) is 237 Å². The third kappa shape index (κ3) is 67.9. The molecule has 0 amide bonds. The van der Waals surface area contributed by atoms with Crippen LogP contribution in [-0.2, 0) is 65.4 Å². The van der Waals surface area contributed by atoms with Crippen molar-refractivity contribution in [3.8, 4) is 0 Å². The summed E-state index contributed by atoms with van der Waals surface area (Å²) in [6.45, 7) is 11.8. The van der Waals surface area contributed by atoms with Crippen LogP contribution in [0.4, 0.5) is 0 Å².